The Morgan fingerprint density at radius 2 is 2.06 bits per heavy atom. The monoisotopic (exact) mass is 309 g/mol. The van der Waals surface area contributed by atoms with Gasteiger partial charge in [0, 0.05) is 17.1 Å². The van der Waals surface area contributed by atoms with Gasteiger partial charge >= 0.3 is 0 Å². The van der Waals surface area contributed by atoms with Gasteiger partial charge in [-0.3, -0.25) is 0 Å². The van der Waals surface area contributed by atoms with E-state index in [2.05, 4.69) is 60.2 Å². The summed E-state index contributed by atoms with van der Waals surface area (Å²) in [5.74, 6) is 1.66. The molecular weight excluding hydrogens is 286 g/mol. The van der Waals surface area contributed by atoms with Crippen LogP contribution in [0.5, 0.6) is 0 Å². The molecule has 0 spiro atoms. The minimum atomic E-state index is 0.689. The number of nitrogens with one attached hydrogen (secondary N) is 1. The fourth-order valence-electron chi connectivity index (χ4n) is 2.87. The maximum atomic E-state index is 3.74. The lowest BCUT2D eigenvalue weighted by molar-refractivity contribution is 0.206. The molecule has 0 radical (unpaired) electrons. The summed E-state index contributed by atoms with van der Waals surface area (Å²) in [5, 5.41) is 3.74. The van der Waals surface area contributed by atoms with Crippen molar-refractivity contribution in [3.63, 3.8) is 0 Å². The van der Waals surface area contributed by atoms with Crippen molar-refractivity contribution < 1.29 is 0 Å². The Bertz CT molecular complexity index is 402. The Morgan fingerprint density at radius 1 is 1.28 bits per heavy atom. The second-order valence-corrected chi connectivity index (χ2v) is 6.69. The molecule has 1 aliphatic rings. The van der Waals surface area contributed by atoms with E-state index < -0.39 is 0 Å². The summed E-state index contributed by atoms with van der Waals surface area (Å²) < 4.78 is 1.21. The largest absolute Gasteiger partial charge is 0.310 e. The highest BCUT2D eigenvalue weighted by atomic mass is 79.9. The molecule has 1 aromatic carbocycles. The third kappa shape index (κ3) is 3.36. The lowest BCUT2D eigenvalue weighted by Gasteiger charge is -2.34. The molecule has 0 saturated heterocycles. The van der Waals surface area contributed by atoms with Crippen LogP contribution in [0.4, 0.5) is 0 Å². The molecule has 2 heteroatoms. The van der Waals surface area contributed by atoms with Crippen LogP contribution in [0.3, 0.4) is 0 Å². The summed E-state index contributed by atoms with van der Waals surface area (Å²) in [6, 6.07) is 7.34. The normalized spacial score (nSPS) is 28.3. The summed E-state index contributed by atoms with van der Waals surface area (Å²) in [4.78, 5) is 0. The Kier molecular flexibility index (Phi) is 4.85. The van der Waals surface area contributed by atoms with Crippen molar-refractivity contribution in [2.75, 3.05) is 0 Å². The topological polar surface area (TPSA) is 12.0 Å². The van der Waals surface area contributed by atoms with Crippen LogP contribution in [0.1, 0.15) is 44.2 Å². The van der Waals surface area contributed by atoms with Crippen LogP contribution >= 0.6 is 15.9 Å². The average molecular weight is 310 g/mol. The van der Waals surface area contributed by atoms with Crippen LogP contribution in [-0.2, 0) is 6.54 Å². The summed E-state index contributed by atoms with van der Waals surface area (Å²) in [7, 11) is 0. The Labute approximate surface area is 119 Å². The summed E-state index contributed by atoms with van der Waals surface area (Å²) in [6.45, 7) is 7.90. The SMILES string of the molecule is Cc1ccc(CNC2CCCC(C)C2C)cc1Br. The van der Waals surface area contributed by atoms with Crippen LogP contribution < -0.4 is 5.32 Å². The molecule has 1 nitrogen and oxygen atoms in total. The first-order chi connectivity index (χ1) is 8.58. The molecule has 3 atom stereocenters. The van der Waals surface area contributed by atoms with Crippen molar-refractivity contribution in [3.8, 4) is 0 Å². The second kappa shape index (κ2) is 6.21. The minimum Gasteiger partial charge on any atom is -0.310 e. The first kappa shape index (κ1) is 14.1. The Balaban J connectivity index is 1.92. The van der Waals surface area contributed by atoms with Crippen LogP contribution in [0.2, 0.25) is 0 Å². The Hall–Kier alpha value is -0.340. The van der Waals surface area contributed by atoms with Gasteiger partial charge in [-0.15, -0.1) is 0 Å². The molecule has 1 aromatic rings. The summed E-state index contributed by atoms with van der Waals surface area (Å²) >= 11 is 3.61. The molecule has 2 rings (SSSR count). The highest BCUT2D eigenvalue weighted by Gasteiger charge is 2.26. The van der Waals surface area contributed by atoms with E-state index in [1.54, 1.807) is 0 Å². The smallest absolute Gasteiger partial charge is 0.0208 e. The van der Waals surface area contributed by atoms with Gasteiger partial charge in [-0.1, -0.05) is 54.8 Å². The molecule has 1 saturated carbocycles. The van der Waals surface area contributed by atoms with Gasteiger partial charge in [0.05, 0.1) is 0 Å². The summed E-state index contributed by atoms with van der Waals surface area (Å²) in [5.41, 5.74) is 2.68. The molecule has 0 amide bonds. The van der Waals surface area contributed by atoms with E-state index in [0.29, 0.717) is 6.04 Å². The molecular formula is C16H24BrN. The quantitative estimate of drug-likeness (QED) is 0.855. The molecule has 0 bridgehead atoms. The standard InChI is InChI=1S/C16H24BrN/c1-11-5-4-6-16(13(11)3)18-10-14-8-7-12(2)15(17)9-14/h7-9,11,13,16,18H,4-6,10H2,1-3H3. The molecule has 0 aromatic heterocycles. The van der Waals surface area contributed by atoms with E-state index in [9.17, 15) is 0 Å². The fourth-order valence-corrected chi connectivity index (χ4v) is 3.29. The van der Waals surface area contributed by atoms with Crippen molar-refractivity contribution in [2.45, 2.75) is 52.6 Å². The molecule has 1 N–H and O–H groups in total. The zero-order valence-electron chi connectivity index (χ0n) is 11.7. The van der Waals surface area contributed by atoms with Gasteiger partial charge in [0.15, 0.2) is 0 Å². The lowest BCUT2D eigenvalue weighted by atomic mass is 9.78. The second-order valence-electron chi connectivity index (χ2n) is 5.84. The van der Waals surface area contributed by atoms with E-state index in [1.165, 1.54) is 34.9 Å². The van der Waals surface area contributed by atoms with Gasteiger partial charge < -0.3 is 5.32 Å². The lowest BCUT2D eigenvalue weighted by Crippen LogP contribution is -2.40. The van der Waals surface area contributed by atoms with Gasteiger partial charge in [0.1, 0.15) is 0 Å². The molecule has 18 heavy (non-hydrogen) atoms. The predicted molar refractivity (Wildman–Crippen MR) is 81.7 cm³/mol. The van der Waals surface area contributed by atoms with Gasteiger partial charge in [0.25, 0.3) is 0 Å². The highest BCUT2D eigenvalue weighted by molar-refractivity contribution is 9.10. The average Bonchev–Trinajstić information content (AvgIpc) is 2.35. The molecule has 0 aliphatic heterocycles. The van der Waals surface area contributed by atoms with Gasteiger partial charge in [0.2, 0.25) is 0 Å². The van der Waals surface area contributed by atoms with Crippen molar-refractivity contribution in [2.24, 2.45) is 11.8 Å². The maximum absolute atomic E-state index is 3.74. The zero-order chi connectivity index (χ0) is 13.1. The molecule has 1 aliphatic carbocycles. The molecule has 0 heterocycles. The van der Waals surface area contributed by atoms with Crippen LogP contribution in [-0.4, -0.2) is 6.04 Å². The van der Waals surface area contributed by atoms with Crippen molar-refractivity contribution in [1.82, 2.24) is 5.32 Å². The maximum Gasteiger partial charge on any atom is 0.0208 e. The third-order valence-corrected chi connectivity index (χ3v) is 5.37. The van der Waals surface area contributed by atoms with E-state index in [0.717, 1.165) is 18.4 Å². The number of halogens is 1. The number of hydrogen-bond donors (Lipinski definition) is 1. The first-order valence-electron chi connectivity index (χ1n) is 7.06. The first-order valence-corrected chi connectivity index (χ1v) is 7.85. The van der Waals surface area contributed by atoms with Gasteiger partial charge in [-0.2, -0.15) is 0 Å². The van der Waals surface area contributed by atoms with Crippen LogP contribution in [0.25, 0.3) is 0 Å². The predicted octanol–water partition coefficient (Wildman–Crippen LogP) is 4.67. The molecule has 100 valence electrons. The third-order valence-electron chi connectivity index (χ3n) is 4.51. The number of rotatable bonds is 3. The minimum absolute atomic E-state index is 0.689. The van der Waals surface area contributed by atoms with Crippen LogP contribution in [0.15, 0.2) is 22.7 Å². The van der Waals surface area contributed by atoms with Gasteiger partial charge in [-0.05, 0) is 42.4 Å². The molecule has 1 fully saturated rings. The van der Waals surface area contributed by atoms with E-state index >= 15 is 0 Å². The summed E-state index contributed by atoms with van der Waals surface area (Å²) in [6.07, 6.45) is 4.11. The zero-order valence-corrected chi connectivity index (χ0v) is 13.3. The van der Waals surface area contributed by atoms with Crippen molar-refractivity contribution >= 4 is 15.9 Å². The fraction of sp³-hybridized carbons (Fsp3) is 0.625. The number of hydrogen-bond acceptors (Lipinski definition) is 1. The van der Waals surface area contributed by atoms with Crippen molar-refractivity contribution in [3.05, 3.63) is 33.8 Å². The van der Waals surface area contributed by atoms with Crippen LogP contribution in [0, 0.1) is 18.8 Å². The van der Waals surface area contributed by atoms with Gasteiger partial charge in [-0.25, -0.2) is 0 Å². The van der Waals surface area contributed by atoms with E-state index in [-0.39, 0.29) is 0 Å². The molecule has 3 unspecified atom stereocenters. The highest BCUT2D eigenvalue weighted by Crippen LogP contribution is 2.29. The number of benzene rings is 1. The Morgan fingerprint density at radius 3 is 2.78 bits per heavy atom. The van der Waals surface area contributed by atoms with E-state index in [1.807, 2.05) is 0 Å². The number of aryl methyl sites for hydroxylation is 1. The van der Waals surface area contributed by atoms with E-state index in [4.69, 9.17) is 0 Å². The van der Waals surface area contributed by atoms with Crippen molar-refractivity contribution in [1.29, 1.82) is 0 Å².